The average Bonchev–Trinajstić information content (AvgIpc) is 3.33. The summed E-state index contributed by atoms with van der Waals surface area (Å²) in [6.07, 6.45) is 3.60. The van der Waals surface area contributed by atoms with Crippen LogP contribution < -0.4 is 4.90 Å². The lowest BCUT2D eigenvalue weighted by Gasteiger charge is -2.36. The molecule has 0 unspecified atom stereocenters. The molecular formula is C21H23BrN4O2. The number of rotatable bonds is 4. The van der Waals surface area contributed by atoms with E-state index in [-0.39, 0.29) is 5.91 Å². The van der Waals surface area contributed by atoms with E-state index in [0.29, 0.717) is 31.2 Å². The Bertz CT molecular complexity index is 986. The minimum Gasteiger partial charge on any atom is -0.454 e. The maximum absolute atomic E-state index is 12.8. The van der Waals surface area contributed by atoms with Crippen LogP contribution in [0.15, 0.2) is 51.6 Å². The summed E-state index contributed by atoms with van der Waals surface area (Å²) >= 11 is 3.38. The van der Waals surface area contributed by atoms with Gasteiger partial charge in [-0.15, -0.1) is 0 Å². The summed E-state index contributed by atoms with van der Waals surface area (Å²) in [6, 6.07) is 9.99. The van der Waals surface area contributed by atoms with Crippen LogP contribution in [0.4, 0.5) is 5.69 Å². The van der Waals surface area contributed by atoms with Gasteiger partial charge in [0.25, 0.3) is 5.91 Å². The standard InChI is InChI=1S/C21H23BrN4O2/c1-15-4-3-5-19(16(15)2)24-8-10-25(11-9-24)21(27)20-7-6-18(28-20)14-26-13-17(22)12-23-26/h3-7,12-13H,8-11,14H2,1-2H3. The summed E-state index contributed by atoms with van der Waals surface area (Å²) in [5.41, 5.74) is 3.87. The Morgan fingerprint density at radius 3 is 2.64 bits per heavy atom. The lowest BCUT2D eigenvalue weighted by atomic mass is 10.1. The van der Waals surface area contributed by atoms with Crippen LogP contribution in [-0.4, -0.2) is 46.8 Å². The minimum absolute atomic E-state index is 0.0477. The van der Waals surface area contributed by atoms with Gasteiger partial charge in [-0.2, -0.15) is 5.10 Å². The molecule has 3 aromatic rings. The van der Waals surface area contributed by atoms with Crippen LogP contribution in [-0.2, 0) is 6.54 Å². The number of halogens is 1. The maximum Gasteiger partial charge on any atom is 0.289 e. The second-order valence-corrected chi connectivity index (χ2v) is 8.04. The summed E-state index contributed by atoms with van der Waals surface area (Å²) in [4.78, 5) is 17.0. The molecule has 0 aliphatic carbocycles. The Labute approximate surface area is 172 Å². The van der Waals surface area contributed by atoms with Gasteiger partial charge < -0.3 is 14.2 Å². The minimum atomic E-state index is -0.0477. The normalized spacial score (nSPS) is 14.5. The first kappa shape index (κ1) is 18.8. The zero-order valence-electron chi connectivity index (χ0n) is 16.1. The number of amides is 1. The van der Waals surface area contributed by atoms with Crippen molar-refractivity contribution in [2.75, 3.05) is 31.1 Å². The molecule has 1 aliphatic rings. The molecule has 1 saturated heterocycles. The van der Waals surface area contributed by atoms with Gasteiger partial charge in [0.1, 0.15) is 5.76 Å². The van der Waals surface area contributed by atoms with Crippen LogP contribution in [0.5, 0.6) is 0 Å². The molecular weight excluding hydrogens is 420 g/mol. The van der Waals surface area contributed by atoms with E-state index >= 15 is 0 Å². The number of hydrogen-bond acceptors (Lipinski definition) is 4. The fourth-order valence-corrected chi connectivity index (χ4v) is 3.87. The van der Waals surface area contributed by atoms with E-state index in [0.717, 1.165) is 17.6 Å². The third kappa shape index (κ3) is 3.85. The Morgan fingerprint density at radius 2 is 1.93 bits per heavy atom. The molecule has 1 amide bonds. The summed E-state index contributed by atoms with van der Waals surface area (Å²) < 4.78 is 8.46. The molecule has 28 heavy (non-hydrogen) atoms. The number of carbonyl (C=O) groups excluding carboxylic acids is 1. The van der Waals surface area contributed by atoms with Gasteiger partial charge in [-0.3, -0.25) is 9.48 Å². The van der Waals surface area contributed by atoms with Gasteiger partial charge in [-0.05, 0) is 59.1 Å². The fourth-order valence-electron chi connectivity index (χ4n) is 3.55. The lowest BCUT2D eigenvalue weighted by Crippen LogP contribution is -2.49. The highest BCUT2D eigenvalue weighted by Gasteiger charge is 2.25. The third-order valence-electron chi connectivity index (χ3n) is 5.28. The molecule has 2 aromatic heterocycles. The Balaban J connectivity index is 1.38. The maximum atomic E-state index is 12.8. The predicted molar refractivity (Wildman–Crippen MR) is 112 cm³/mol. The number of anilines is 1. The van der Waals surface area contributed by atoms with Crippen LogP contribution in [0.25, 0.3) is 0 Å². The quantitative estimate of drug-likeness (QED) is 0.615. The Kier molecular flexibility index (Phi) is 5.26. The van der Waals surface area contributed by atoms with Crippen LogP contribution in [0, 0.1) is 13.8 Å². The van der Waals surface area contributed by atoms with Crippen LogP contribution in [0.1, 0.15) is 27.4 Å². The topological polar surface area (TPSA) is 54.5 Å². The Morgan fingerprint density at radius 1 is 1.14 bits per heavy atom. The van der Waals surface area contributed by atoms with Gasteiger partial charge in [0.05, 0.1) is 17.2 Å². The van der Waals surface area contributed by atoms with Crippen LogP contribution >= 0.6 is 15.9 Å². The smallest absolute Gasteiger partial charge is 0.289 e. The summed E-state index contributed by atoms with van der Waals surface area (Å²) in [5.74, 6) is 1.06. The average molecular weight is 443 g/mol. The molecule has 6 nitrogen and oxygen atoms in total. The number of aromatic nitrogens is 2. The summed E-state index contributed by atoms with van der Waals surface area (Å²) in [7, 11) is 0. The monoisotopic (exact) mass is 442 g/mol. The highest BCUT2D eigenvalue weighted by Crippen LogP contribution is 2.24. The van der Waals surface area contributed by atoms with E-state index < -0.39 is 0 Å². The van der Waals surface area contributed by atoms with Gasteiger partial charge in [0.2, 0.25) is 0 Å². The van der Waals surface area contributed by atoms with Crippen molar-refractivity contribution in [3.63, 3.8) is 0 Å². The molecule has 1 fully saturated rings. The molecule has 0 radical (unpaired) electrons. The van der Waals surface area contributed by atoms with Gasteiger partial charge in [-0.1, -0.05) is 12.1 Å². The van der Waals surface area contributed by atoms with E-state index in [1.807, 2.05) is 17.2 Å². The highest BCUT2D eigenvalue weighted by molar-refractivity contribution is 9.10. The van der Waals surface area contributed by atoms with Gasteiger partial charge in [-0.25, -0.2) is 0 Å². The van der Waals surface area contributed by atoms with E-state index in [1.165, 1.54) is 16.8 Å². The molecule has 0 N–H and O–H groups in total. The first-order valence-corrected chi connectivity index (χ1v) is 10.2. The molecule has 4 rings (SSSR count). The number of benzene rings is 1. The lowest BCUT2D eigenvalue weighted by molar-refractivity contribution is 0.0712. The molecule has 0 atom stereocenters. The van der Waals surface area contributed by atoms with Crippen molar-refractivity contribution in [3.8, 4) is 0 Å². The molecule has 3 heterocycles. The molecule has 0 saturated carbocycles. The van der Waals surface area contributed by atoms with Crippen molar-refractivity contribution in [2.45, 2.75) is 20.4 Å². The number of hydrogen-bond donors (Lipinski definition) is 0. The molecule has 0 spiro atoms. The molecule has 146 valence electrons. The van der Waals surface area contributed by atoms with E-state index in [2.05, 4.69) is 58.0 Å². The number of furan rings is 1. The zero-order valence-corrected chi connectivity index (χ0v) is 17.6. The number of aryl methyl sites for hydroxylation is 1. The van der Waals surface area contributed by atoms with Crippen molar-refractivity contribution in [3.05, 3.63) is 69.8 Å². The van der Waals surface area contributed by atoms with E-state index in [4.69, 9.17) is 4.42 Å². The molecule has 7 heteroatoms. The molecule has 0 bridgehead atoms. The number of carbonyl (C=O) groups is 1. The van der Waals surface area contributed by atoms with Crippen molar-refractivity contribution in [1.82, 2.24) is 14.7 Å². The van der Waals surface area contributed by atoms with Gasteiger partial charge >= 0.3 is 0 Å². The SMILES string of the molecule is Cc1cccc(N2CCN(C(=O)c3ccc(Cn4cc(Br)cn4)o3)CC2)c1C. The number of nitrogens with zero attached hydrogens (tertiary/aromatic N) is 4. The first-order chi connectivity index (χ1) is 13.5. The van der Waals surface area contributed by atoms with Crippen molar-refractivity contribution in [1.29, 1.82) is 0 Å². The van der Waals surface area contributed by atoms with Crippen molar-refractivity contribution >= 4 is 27.5 Å². The molecule has 1 aromatic carbocycles. The van der Waals surface area contributed by atoms with Crippen molar-refractivity contribution < 1.29 is 9.21 Å². The van der Waals surface area contributed by atoms with Gasteiger partial charge in [0, 0.05) is 38.1 Å². The summed E-state index contributed by atoms with van der Waals surface area (Å²) in [6.45, 7) is 7.82. The fraction of sp³-hybridized carbons (Fsp3) is 0.333. The number of piperazine rings is 1. The third-order valence-corrected chi connectivity index (χ3v) is 5.69. The van der Waals surface area contributed by atoms with Gasteiger partial charge in [0.15, 0.2) is 5.76 Å². The first-order valence-electron chi connectivity index (χ1n) is 9.38. The highest BCUT2D eigenvalue weighted by atomic mass is 79.9. The van der Waals surface area contributed by atoms with Crippen LogP contribution in [0.3, 0.4) is 0 Å². The second kappa shape index (κ2) is 7.83. The van der Waals surface area contributed by atoms with E-state index in [1.54, 1.807) is 16.9 Å². The van der Waals surface area contributed by atoms with Crippen molar-refractivity contribution in [2.24, 2.45) is 0 Å². The zero-order chi connectivity index (χ0) is 19.7. The van der Waals surface area contributed by atoms with Crippen LogP contribution in [0.2, 0.25) is 0 Å². The second-order valence-electron chi connectivity index (χ2n) is 7.12. The molecule has 1 aliphatic heterocycles. The Hall–Kier alpha value is -2.54. The predicted octanol–water partition coefficient (Wildman–Crippen LogP) is 3.87. The summed E-state index contributed by atoms with van der Waals surface area (Å²) in [5, 5.41) is 4.21. The van der Waals surface area contributed by atoms with E-state index in [9.17, 15) is 4.79 Å². The largest absolute Gasteiger partial charge is 0.454 e.